The van der Waals surface area contributed by atoms with E-state index in [4.69, 9.17) is 10.4 Å². The Kier molecular flexibility index (Phi) is 3.98. The lowest BCUT2D eigenvalue weighted by molar-refractivity contribution is 0.0151. The van der Waals surface area contributed by atoms with Gasteiger partial charge >= 0.3 is 0 Å². The van der Waals surface area contributed by atoms with Crippen LogP contribution in [-0.4, -0.2) is 18.5 Å². The maximum absolute atomic E-state index is 7.82. The van der Waals surface area contributed by atoms with Crippen LogP contribution in [0, 0.1) is 11.3 Å². The molecule has 0 amide bonds. The van der Waals surface area contributed by atoms with E-state index in [0.717, 1.165) is 0 Å². The van der Waals surface area contributed by atoms with E-state index in [9.17, 15) is 0 Å². The van der Waals surface area contributed by atoms with Crippen molar-refractivity contribution in [2.45, 2.75) is 0 Å². The Labute approximate surface area is 35.8 Å². The zero-order valence-corrected chi connectivity index (χ0v) is 3.22. The molecule has 0 fully saturated rings. The summed E-state index contributed by atoms with van der Waals surface area (Å²) < 4.78 is 4.18. The summed E-state index contributed by atoms with van der Waals surface area (Å²) in [6.07, 6.45) is 0. The molecule has 0 heterocycles. The quantitative estimate of drug-likeness (QED) is 0.364. The largest absolute Gasteiger partial charge is 0.371 e. The SMILES string of the molecule is N#CCOCO. The molecule has 0 unspecified atom stereocenters. The van der Waals surface area contributed by atoms with Crippen molar-refractivity contribution in [3.8, 4) is 6.07 Å². The highest BCUT2D eigenvalue weighted by Crippen LogP contribution is 1.62. The van der Waals surface area contributed by atoms with Crippen LogP contribution in [0.5, 0.6) is 0 Å². The fourth-order valence-electron chi connectivity index (χ4n) is 0.0913. The second-order valence-electron chi connectivity index (χ2n) is 0.636. The molecule has 0 spiro atoms. The van der Waals surface area contributed by atoms with Gasteiger partial charge in [0.15, 0.2) is 0 Å². The molecule has 0 aliphatic heterocycles. The molecule has 0 saturated carbocycles. The van der Waals surface area contributed by atoms with E-state index in [1.807, 2.05) is 0 Å². The standard InChI is InChI=1S/C3H5NO2/c4-1-2-6-3-5/h5H,2-3H2. The third-order valence-corrected chi connectivity index (χ3v) is 0.258. The van der Waals surface area contributed by atoms with E-state index < -0.39 is 0 Å². The number of aliphatic hydroxyl groups excluding tert-OH is 1. The van der Waals surface area contributed by atoms with Gasteiger partial charge in [-0.1, -0.05) is 0 Å². The van der Waals surface area contributed by atoms with Gasteiger partial charge in [0.05, 0.1) is 6.07 Å². The molecule has 3 nitrogen and oxygen atoms in total. The molecule has 0 saturated heterocycles. The third kappa shape index (κ3) is 3.41. The second-order valence-corrected chi connectivity index (χ2v) is 0.636. The first-order chi connectivity index (χ1) is 2.91. The number of ether oxygens (including phenoxy) is 1. The van der Waals surface area contributed by atoms with Crippen LogP contribution < -0.4 is 0 Å². The minimum Gasteiger partial charge on any atom is -0.371 e. The molecule has 34 valence electrons. The molecule has 0 radical (unpaired) electrons. The average molecular weight is 87.1 g/mol. The molecule has 0 aromatic heterocycles. The highest BCUT2D eigenvalue weighted by Gasteiger charge is 1.71. The molecule has 1 N–H and O–H groups in total. The molecule has 3 heteroatoms. The van der Waals surface area contributed by atoms with Gasteiger partial charge in [0.2, 0.25) is 0 Å². The Bertz CT molecular complexity index is 56.3. The van der Waals surface area contributed by atoms with Crippen molar-refractivity contribution in [2.75, 3.05) is 13.4 Å². The first-order valence-corrected chi connectivity index (χ1v) is 1.47. The maximum Gasteiger partial charge on any atom is 0.144 e. The van der Waals surface area contributed by atoms with E-state index in [2.05, 4.69) is 4.74 Å². The van der Waals surface area contributed by atoms with Gasteiger partial charge in [0.25, 0.3) is 0 Å². The molecular formula is C3H5NO2. The molecule has 0 aromatic rings. The molecule has 6 heavy (non-hydrogen) atoms. The third-order valence-electron chi connectivity index (χ3n) is 0.258. The van der Waals surface area contributed by atoms with Gasteiger partial charge in [0.1, 0.15) is 13.4 Å². The fraction of sp³-hybridized carbons (Fsp3) is 0.667. The van der Waals surface area contributed by atoms with Crippen LogP contribution in [0.15, 0.2) is 0 Å². The number of rotatable bonds is 2. The first kappa shape index (κ1) is 5.41. The number of nitriles is 1. The minimum absolute atomic E-state index is 0.0312. The van der Waals surface area contributed by atoms with Crippen LogP contribution >= 0.6 is 0 Å². The van der Waals surface area contributed by atoms with Crippen LogP contribution in [0.4, 0.5) is 0 Å². The van der Waals surface area contributed by atoms with Gasteiger partial charge in [-0.3, -0.25) is 0 Å². The number of hydrogen-bond acceptors (Lipinski definition) is 3. The molecule has 0 aromatic carbocycles. The summed E-state index contributed by atoms with van der Waals surface area (Å²) in [5.74, 6) is 0. The van der Waals surface area contributed by atoms with Crippen LogP contribution in [-0.2, 0) is 4.74 Å². The summed E-state index contributed by atoms with van der Waals surface area (Å²) in [5, 5.41) is 15.5. The van der Waals surface area contributed by atoms with E-state index in [1.54, 1.807) is 6.07 Å². The Morgan fingerprint density at radius 2 is 2.50 bits per heavy atom. The maximum atomic E-state index is 7.82. The topological polar surface area (TPSA) is 53.2 Å². The summed E-state index contributed by atoms with van der Waals surface area (Å²) in [4.78, 5) is 0. The predicted octanol–water partition coefficient (Wildman–Crippen LogP) is -0.524. The van der Waals surface area contributed by atoms with Crippen LogP contribution in [0.3, 0.4) is 0 Å². The Balaban J connectivity index is 2.54. The predicted molar refractivity (Wildman–Crippen MR) is 18.7 cm³/mol. The van der Waals surface area contributed by atoms with Crippen molar-refractivity contribution in [2.24, 2.45) is 0 Å². The first-order valence-electron chi connectivity index (χ1n) is 1.47. The molecule has 0 aliphatic carbocycles. The summed E-state index contributed by atoms with van der Waals surface area (Å²) in [6.45, 7) is -0.399. The van der Waals surface area contributed by atoms with Crippen molar-refractivity contribution in [3.63, 3.8) is 0 Å². The lowest BCUT2D eigenvalue weighted by Crippen LogP contribution is -1.90. The van der Waals surface area contributed by atoms with Crippen LogP contribution in [0.2, 0.25) is 0 Å². The van der Waals surface area contributed by atoms with E-state index in [1.165, 1.54) is 0 Å². The zero-order chi connectivity index (χ0) is 4.83. The molecule has 0 atom stereocenters. The highest BCUT2D eigenvalue weighted by molar-refractivity contribution is 4.65. The van der Waals surface area contributed by atoms with Gasteiger partial charge in [-0.25, -0.2) is 0 Å². The summed E-state index contributed by atoms with van der Waals surface area (Å²) >= 11 is 0. The zero-order valence-electron chi connectivity index (χ0n) is 3.22. The normalized spacial score (nSPS) is 7.33. The van der Waals surface area contributed by atoms with E-state index in [-0.39, 0.29) is 13.4 Å². The van der Waals surface area contributed by atoms with Crippen molar-refractivity contribution in [3.05, 3.63) is 0 Å². The highest BCUT2D eigenvalue weighted by atomic mass is 16.6. The molecule has 0 rings (SSSR count). The van der Waals surface area contributed by atoms with E-state index >= 15 is 0 Å². The van der Waals surface area contributed by atoms with Gasteiger partial charge in [-0.05, 0) is 0 Å². The summed E-state index contributed by atoms with van der Waals surface area (Å²) in [6, 6.07) is 1.69. The van der Waals surface area contributed by atoms with Crippen LogP contribution in [0.1, 0.15) is 0 Å². The summed E-state index contributed by atoms with van der Waals surface area (Å²) in [5.41, 5.74) is 0. The molecule has 0 aliphatic rings. The average Bonchev–Trinajstić information content (AvgIpc) is 1.61. The smallest absolute Gasteiger partial charge is 0.144 e. The Morgan fingerprint density at radius 1 is 1.83 bits per heavy atom. The van der Waals surface area contributed by atoms with E-state index in [0.29, 0.717) is 0 Å². The van der Waals surface area contributed by atoms with Gasteiger partial charge < -0.3 is 9.84 Å². The number of hydrogen-bond donors (Lipinski definition) is 1. The van der Waals surface area contributed by atoms with Crippen molar-refractivity contribution in [1.29, 1.82) is 5.26 Å². The number of aliphatic hydroxyl groups is 1. The fourth-order valence-corrected chi connectivity index (χ4v) is 0.0913. The molecular weight excluding hydrogens is 82.0 g/mol. The Hall–Kier alpha value is -0.590. The van der Waals surface area contributed by atoms with Crippen LogP contribution in [0.25, 0.3) is 0 Å². The minimum atomic E-state index is -0.367. The van der Waals surface area contributed by atoms with Crippen molar-refractivity contribution < 1.29 is 9.84 Å². The Morgan fingerprint density at radius 3 is 2.67 bits per heavy atom. The lowest BCUT2D eigenvalue weighted by Gasteiger charge is -1.83. The van der Waals surface area contributed by atoms with Crippen molar-refractivity contribution in [1.82, 2.24) is 0 Å². The number of nitrogens with zero attached hydrogens (tertiary/aromatic N) is 1. The second kappa shape index (κ2) is 4.41. The van der Waals surface area contributed by atoms with Gasteiger partial charge in [-0.15, -0.1) is 0 Å². The van der Waals surface area contributed by atoms with Gasteiger partial charge in [-0.2, -0.15) is 5.26 Å². The lowest BCUT2D eigenvalue weighted by atomic mass is 10.8. The van der Waals surface area contributed by atoms with Gasteiger partial charge in [0, 0.05) is 0 Å². The summed E-state index contributed by atoms with van der Waals surface area (Å²) in [7, 11) is 0. The monoisotopic (exact) mass is 87.0 g/mol. The van der Waals surface area contributed by atoms with Crippen molar-refractivity contribution >= 4 is 0 Å². The molecule has 0 bridgehead atoms.